The van der Waals surface area contributed by atoms with Crippen LogP contribution in [0.5, 0.6) is 5.75 Å². The standard InChI is InChI=1S/C19H15N3O2/c1-2-18-21-19(22-24-18)15-10-14-9-13(5-8-17(14)20-11-15)12-3-6-16(23)7-4-12/h3-11,23H,2H2,1H3. The smallest absolute Gasteiger partial charge is 0.226 e. The molecule has 5 heteroatoms. The summed E-state index contributed by atoms with van der Waals surface area (Å²) >= 11 is 0. The Bertz CT molecular complexity index is 1010. The van der Waals surface area contributed by atoms with Gasteiger partial charge in [-0.3, -0.25) is 4.98 Å². The Labute approximate surface area is 138 Å². The van der Waals surface area contributed by atoms with Crippen molar-refractivity contribution in [1.82, 2.24) is 15.1 Å². The summed E-state index contributed by atoms with van der Waals surface area (Å²) < 4.78 is 5.17. The van der Waals surface area contributed by atoms with Gasteiger partial charge in [0.25, 0.3) is 0 Å². The maximum absolute atomic E-state index is 9.43. The zero-order valence-electron chi connectivity index (χ0n) is 13.1. The average Bonchev–Trinajstić information content (AvgIpc) is 3.11. The first kappa shape index (κ1) is 14.4. The van der Waals surface area contributed by atoms with Crippen LogP contribution < -0.4 is 0 Å². The molecule has 2 heterocycles. The number of pyridine rings is 1. The van der Waals surface area contributed by atoms with E-state index < -0.39 is 0 Å². The predicted octanol–water partition coefficient (Wildman–Crippen LogP) is 4.22. The van der Waals surface area contributed by atoms with E-state index in [9.17, 15) is 5.11 Å². The fourth-order valence-electron chi connectivity index (χ4n) is 2.60. The SMILES string of the molecule is CCc1nc(-c2cnc3ccc(-c4ccc(O)cc4)cc3c2)no1. The van der Waals surface area contributed by atoms with E-state index in [-0.39, 0.29) is 5.75 Å². The van der Waals surface area contributed by atoms with Crippen molar-refractivity contribution in [3.05, 3.63) is 60.6 Å². The second-order valence-corrected chi connectivity index (χ2v) is 5.54. The van der Waals surface area contributed by atoms with E-state index >= 15 is 0 Å². The Balaban J connectivity index is 1.78. The molecule has 0 radical (unpaired) electrons. The largest absolute Gasteiger partial charge is 0.508 e. The molecule has 118 valence electrons. The van der Waals surface area contributed by atoms with E-state index in [1.54, 1.807) is 18.3 Å². The van der Waals surface area contributed by atoms with Gasteiger partial charge >= 0.3 is 0 Å². The molecular formula is C19H15N3O2. The van der Waals surface area contributed by atoms with Gasteiger partial charge in [0.15, 0.2) is 0 Å². The van der Waals surface area contributed by atoms with Crippen LogP contribution in [0.1, 0.15) is 12.8 Å². The Kier molecular flexibility index (Phi) is 3.46. The molecule has 0 aliphatic rings. The number of phenols is 1. The number of phenolic OH excluding ortho intramolecular Hbond substituents is 1. The molecule has 0 aliphatic carbocycles. The topological polar surface area (TPSA) is 72.0 Å². The number of aromatic hydroxyl groups is 1. The van der Waals surface area contributed by atoms with Gasteiger partial charge in [-0.25, -0.2) is 0 Å². The van der Waals surface area contributed by atoms with Crippen LogP contribution in [0.3, 0.4) is 0 Å². The molecule has 1 N–H and O–H groups in total. The van der Waals surface area contributed by atoms with Crippen LogP contribution in [-0.2, 0) is 6.42 Å². The molecule has 2 aromatic heterocycles. The third-order valence-corrected chi connectivity index (χ3v) is 3.91. The number of aryl methyl sites for hydroxylation is 1. The average molecular weight is 317 g/mol. The van der Waals surface area contributed by atoms with Crippen molar-refractivity contribution >= 4 is 10.9 Å². The molecule has 0 saturated carbocycles. The summed E-state index contributed by atoms with van der Waals surface area (Å²) in [5.41, 5.74) is 3.83. The number of hydrogen-bond donors (Lipinski definition) is 1. The second kappa shape index (κ2) is 5.77. The molecule has 0 atom stereocenters. The van der Waals surface area contributed by atoms with E-state index in [0.717, 1.165) is 27.6 Å². The summed E-state index contributed by atoms with van der Waals surface area (Å²) in [7, 11) is 0. The highest BCUT2D eigenvalue weighted by Crippen LogP contribution is 2.27. The number of rotatable bonds is 3. The Morgan fingerprint density at radius 1 is 0.958 bits per heavy atom. The summed E-state index contributed by atoms with van der Waals surface area (Å²) in [6.07, 6.45) is 2.46. The summed E-state index contributed by atoms with van der Waals surface area (Å²) in [6.45, 7) is 1.97. The lowest BCUT2D eigenvalue weighted by Crippen LogP contribution is -1.87. The van der Waals surface area contributed by atoms with Crippen molar-refractivity contribution < 1.29 is 9.63 Å². The van der Waals surface area contributed by atoms with Gasteiger partial charge in [0.2, 0.25) is 11.7 Å². The van der Waals surface area contributed by atoms with Gasteiger partial charge in [0, 0.05) is 23.6 Å². The van der Waals surface area contributed by atoms with Crippen molar-refractivity contribution in [2.45, 2.75) is 13.3 Å². The number of fused-ring (bicyclic) bond motifs is 1. The molecule has 0 bridgehead atoms. The third kappa shape index (κ3) is 2.60. The van der Waals surface area contributed by atoms with Crippen LogP contribution in [0.25, 0.3) is 33.4 Å². The zero-order chi connectivity index (χ0) is 16.5. The van der Waals surface area contributed by atoms with Crippen LogP contribution in [0, 0.1) is 0 Å². The molecule has 0 spiro atoms. The highest BCUT2D eigenvalue weighted by molar-refractivity contribution is 5.87. The first-order valence-corrected chi connectivity index (χ1v) is 7.75. The molecule has 2 aromatic carbocycles. The summed E-state index contributed by atoms with van der Waals surface area (Å²) in [5.74, 6) is 1.42. The van der Waals surface area contributed by atoms with Crippen molar-refractivity contribution in [1.29, 1.82) is 0 Å². The number of nitrogens with zero attached hydrogens (tertiary/aromatic N) is 3. The molecule has 0 fully saturated rings. The first-order valence-electron chi connectivity index (χ1n) is 7.75. The van der Waals surface area contributed by atoms with E-state index in [1.807, 2.05) is 37.3 Å². The normalized spacial score (nSPS) is 11.0. The number of hydrogen-bond acceptors (Lipinski definition) is 5. The molecule has 5 nitrogen and oxygen atoms in total. The van der Waals surface area contributed by atoms with Crippen LogP contribution in [0.2, 0.25) is 0 Å². The molecule has 4 rings (SSSR count). The molecule has 0 unspecified atom stereocenters. The maximum atomic E-state index is 9.43. The van der Waals surface area contributed by atoms with E-state index in [4.69, 9.17) is 4.52 Å². The quantitative estimate of drug-likeness (QED) is 0.612. The summed E-state index contributed by atoms with van der Waals surface area (Å²) in [4.78, 5) is 8.83. The van der Waals surface area contributed by atoms with Gasteiger partial charge in [-0.1, -0.05) is 30.3 Å². The first-order chi connectivity index (χ1) is 11.7. The third-order valence-electron chi connectivity index (χ3n) is 3.91. The van der Waals surface area contributed by atoms with Gasteiger partial charge in [0.05, 0.1) is 5.52 Å². The lowest BCUT2D eigenvalue weighted by atomic mass is 10.0. The molecule has 0 aliphatic heterocycles. The van der Waals surface area contributed by atoms with E-state index in [1.165, 1.54) is 0 Å². The summed E-state index contributed by atoms with van der Waals surface area (Å²) in [6, 6.07) is 15.2. The zero-order valence-corrected chi connectivity index (χ0v) is 13.1. The monoisotopic (exact) mass is 317 g/mol. The second-order valence-electron chi connectivity index (χ2n) is 5.54. The maximum Gasteiger partial charge on any atom is 0.226 e. The van der Waals surface area contributed by atoms with E-state index in [2.05, 4.69) is 21.2 Å². The van der Waals surface area contributed by atoms with Crippen LogP contribution in [0.4, 0.5) is 0 Å². The highest BCUT2D eigenvalue weighted by atomic mass is 16.5. The Hall–Kier alpha value is -3.21. The van der Waals surface area contributed by atoms with Crippen molar-refractivity contribution in [3.63, 3.8) is 0 Å². The highest BCUT2D eigenvalue weighted by Gasteiger charge is 2.09. The Morgan fingerprint density at radius 2 is 1.71 bits per heavy atom. The van der Waals surface area contributed by atoms with Crippen molar-refractivity contribution in [2.75, 3.05) is 0 Å². The van der Waals surface area contributed by atoms with Crippen LogP contribution in [-0.4, -0.2) is 20.2 Å². The fourth-order valence-corrected chi connectivity index (χ4v) is 2.60. The molecular weight excluding hydrogens is 302 g/mol. The van der Waals surface area contributed by atoms with Gasteiger partial charge in [-0.15, -0.1) is 0 Å². The predicted molar refractivity (Wildman–Crippen MR) is 91.5 cm³/mol. The lowest BCUT2D eigenvalue weighted by molar-refractivity contribution is 0.383. The number of benzene rings is 2. The minimum Gasteiger partial charge on any atom is -0.508 e. The molecule has 24 heavy (non-hydrogen) atoms. The van der Waals surface area contributed by atoms with Crippen molar-refractivity contribution in [2.24, 2.45) is 0 Å². The molecule has 4 aromatic rings. The molecule has 0 amide bonds. The minimum atomic E-state index is 0.257. The van der Waals surface area contributed by atoms with Gasteiger partial charge in [-0.05, 0) is 41.5 Å². The van der Waals surface area contributed by atoms with Gasteiger partial charge in [-0.2, -0.15) is 4.98 Å². The minimum absolute atomic E-state index is 0.257. The fraction of sp³-hybridized carbons (Fsp3) is 0.105. The van der Waals surface area contributed by atoms with Gasteiger partial charge < -0.3 is 9.63 Å². The van der Waals surface area contributed by atoms with Crippen LogP contribution >= 0.6 is 0 Å². The van der Waals surface area contributed by atoms with E-state index in [0.29, 0.717) is 18.1 Å². The summed E-state index contributed by atoms with van der Waals surface area (Å²) in [5, 5.41) is 14.4. The lowest BCUT2D eigenvalue weighted by Gasteiger charge is -2.05. The van der Waals surface area contributed by atoms with Gasteiger partial charge in [0.1, 0.15) is 5.75 Å². The number of aromatic nitrogens is 3. The van der Waals surface area contributed by atoms with Crippen molar-refractivity contribution in [3.8, 4) is 28.3 Å². The Morgan fingerprint density at radius 3 is 2.46 bits per heavy atom. The molecule has 0 saturated heterocycles. The van der Waals surface area contributed by atoms with Crippen LogP contribution in [0.15, 0.2) is 59.3 Å².